The van der Waals surface area contributed by atoms with Crippen molar-refractivity contribution in [2.75, 3.05) is 6.61 Å². The minimum Gasteiger partial charge on any atom is -0.378 e. The fourth-order valence-electron chi connectivity index (χ4n) is 1.28. The molecule has 1 saturated carbocycles. The van der Waals surface area contributed by atoms with Crippen molar-refractivity contribution in [2.45, 2.75) is 50.7 Å². The van der Waals surface area contributed by atoms with E-state index in [0.717, 1.165) is 19.4 Å². The van der Waals surface area contributed by atoms with Gasteiger partial charge in [-0.1, -0.05) is 0 Å². The van der Waals surface area contributed by atoms with E-state index in [1.165, 1.54) is 19.3 Å². The van der Waals surface area contributed by atoms with Gasteiger partial charge in [-0.05, 0) is 39.0 Å². The fourth-order valence-corrected chi connectivity index (χ4v) is 1.28. The summed E-state index contributed by atoms with van der Waals surface area (Å²) in [6.07, 6.45) is 5.81. The van der Waals surface area contributed by atoms with Gasteiger partial charge in [0.2, 0.25) is 0 Å². The number of hydrogen-bond donors (Lipinski definition) is 1. The van der Waals surface area contributed by atoms with Crippen LogP contribution in [0.4, 0.5) is 0 Å². The molecule has 1 atom stereocenters. The molecule has 13 heavy (non-hydrogen) atoms. The van der Waals surface area contributed by atoms with E-state index in [1.807, 2.05) is 0 Å². The second-order valence-electron chi connectivity index (χ2n) is 4.06. The highest BCUT2D eigenvalue weighted by Crippen LogP contribution is 2.22. The summed E-state index contributed by atoms with van der Waals surface area (Å²) in [5, 5.41) is 8.64. The molecule has 0 heterocycles. The minimum atomic E-state index is -0.678. The number of hydrogen-bond acceptors (Lipinski definition) is 3. The Morgan fingerprint density at radius 3 is 2.77 bits per heavy atom. The van der Waals surface area contributed by atoms with Crippen molar-refractivity contribution in [3.63, 3.8) is 0 Å². The average Bonchev–Trinajstić information content (AvgIpc) is 2.01. The molecule has 3 nitrogen and oxygen atoms in total. The highest BCUT2D eigenvalue weighted by Gasteiger charge is 2.19. The monoisotopic (exact) mass is 182 g/mol. The summed E-state index contributed by atoms with van der Waals surface area (Å²) in [5.74, 6) is 0. The molecule has 0 saturated heterocycles. The number of rotatable bonds is 5. The van der Waals surface area contributed by atoms with Crippen LogP contribution in [0.15, 0.2) is 0 Å². The number of nitriles is 1. The summed E-state index contributed by atoms with van der Waals surface area (Å²) >= 11 is 0. The molecule has 1 rings (SSSR count). The molecule has 1 aliphatic carbocycles. The van der Waals surface area contributed by atoms with Crippen molar-refractivity contribution >= 4 is 0 Å². The van der Waals surface area contributed by atoms with E-state index in [4.69, 9.17) is 15.7 Å². The van der Waals surface area contributed by atoms with Gasteiger partial charge in [0, 0.05) is 6.61 Å². The summed E-state index contributed by atoms with van der Waals surface area (Å²) < 4.78 is 5.55. The Kier molecular flexibility index (Phi) is 3.71. The molecule has 0 aromatic carbocycles. The van der Waals surface area contributed by atoms with Crippen molar-refractivity contribution in [1.29, 1.82) is 5.26 Å². The molecule has 0 radical (unpaired) electrons. The van der Waals surface area contributed by atoms with Gasteiger partial charge in [0.25, 0.3) is 0 Å². The van der Waals surface area contributed by atoms with E-state index in [0.29, 0.717) is 6.10 Å². The van der Waals surface area contributed by atoms with Gasteiger partial charge in [-0.2, -0.15) is 5.26 Å². The number of nitrogens with zero attached hydrogens (tertiary/aromatic N) is 1. The van der Waals surface area contributed by atoms with E-state index in [1.54, 1.807) is 6.92 Å². The predicted molar refractivity (Wildman–Crippen MR) is 51.0 cm³/mol. The Morgan fingerprint density at radius 1 is 1.62 bits per heavy atom. The second-order valence-corrected chi connectivity index (χ2v) is 4.06. The van der Waals surface area contributed by atoms with Crippen molar-refractivity contribution in [3.8, 4) is 6.07 Å². The minimum absolute atomic E-state index is 0.492. The third kappa shape index (κ3) is 3.75. The van der Waals surface area contributed by atoms with Gasteiger partial charge in [0.15, 0.2) is 0 Å². The van der Waals surface area contributed by atoms with Crippen LogP contribution < -0.4 is 5.73 Å². The van der Waals surface area contributed by atoms with Crippen LogP contribution in [0.5, 0.6) is 0 Å². The van der Waals surface area contributed by atoms with Gasteiger partial charge >= 0.3 is 0 Å². The maximum atomic E-state index is 8.64. The van der Waals surface area contributed by atoms with Crippen molar-refractivity contribution in [2.24, 2.45) is 5.73 Å². The fraction of sp³-hybridized carbons (Fsp3) is 0.900. The Bertz CT molecular complexity index is 192. The SMILES string of the molecule is CC(N)(C#N)CCCOC1CCC1. The van der Waals surface area contributed by atoms with Gasteiger partial charge in [-0.25, -0.2) is 0 Å². The lowest BCUT2D eigenvalue weighted by Gasteiger charge is -2.26. The largest absolute Gasteiger partial charge is 0.378 e. The molecule has 3 heteroatoms. The molecule has 2 N–H and O–H groups in total. The van der Waals surface area contributed by atoms with Crippen LogP contribution in [0, 0.1) is 11.3 Å². The lowest BCUT2D eigenvalue weighted by molar-refractivity contribution is -0.000165. The first-order chi connectivity index (χ1) is 6.14. The summed E-state index contributed by atoms with van der Waals surface area (Å²) in [6, 6.07) is 2.08. The van der Waals surface area contributed by atoms with Crippen LogP contribution >= 0.6 is 0 Å². The molecule has 1 fully saturated rings. The van der Waals surface area contributed by atoms with Crippen LogP contribution in [0.2, 0.25) is 0 Å². The van der Waals surface area contributed by atoms with Crippen LogP contribution in [0.25, 0.3) is 0 Å². The molecule has 0 aromatic rings. The van der Waals surface area contributed by atoms with E-state index in [-0.39, 0.29) is 0 Å². The van der Waals surface area contributed by atoms with Gasteiger partial charge in [-0.3, -0.25) is 0 Å². The molecule has 0 bridgehead atoms. The molecular formula is C10H18N2O. The van der Waals surface area contributed by atoms with Crippen molar-refractivity contribution in [3.05, 3.63) is 0 Å². The third-order valence-electron chi connectivity index (χ3n) is 2.50. The normalized spacial score (nSPS) is 21.6. The van der Waals surface area contributed by atoms with E-state index < -0.39 is 5.54 Å². The first-order valence-corrected chi connectivity index (χ1v) is 4.96. The molecule has 0 spiro atoms. The summed E-state index contributed by atoms with van der Waals surface area (Å²) in [4.78, 5) is 0. The zero-order valence-corrected chi connectivity index (χ0v) is 8.25. The molecule has 0 amide bonds. The van der Waals surface area contributed by atoms with Crippen LogP contribution in [-0.4, -0.2) is 18.2 Å². The van der Waals surface area contributed by atoms with Crippen molar-refractivity contribution < 1.29 is 4.74 Å². The number of nitrogens with two attached hydrogens (primary N) is 1. The average molecular weight is 182 g/mol. The van der Waals surface area contributed by atoms with Gasteiger partial charge < -0.3 is 10.5 Å². The Morgan fingerprint density at radius 2 is 2.31 bits per heavy atom. The summed E-state index contributed by atoms with van der Waals surface area (Å²) in [6.45, 7) is 2.51. The summed E-state index contributed by atoms with van der Waals surface area (Å²) in [5.41, 5.74) is 4.99. The maximum absolute atomic E-state index is 8.64. The van der Waals surface area contributed by atoms with Crippen LogP contribution in [-0.2, 0) is 4.74 Å². The van der Waals surface area contributed by atoms with Crippen LogP contribution in [0.1, 0.15) is 39.0 Å². The highest BCUT2D eigenvalue weighted by atomic mass is 16.5. The third-order valence-corrected chi connectivity index (χ3v) is 2.50. The molecule has 0 aliphatic heterocycles. The first kappa shape index (κ1) is 10.5. The Hall–Kier alpha value is -0.590. The van der Waals surface area contributed by atoms with Crippen molar-refractivity contribution in [1.82, 2.24) is 0 Å². The first-order valence-electron chi connectivity index (χ1n) is 4.96. The zero-order chi connectivity index (χ0) is 9.73. The quantitative estimate of drug-likeness (QED) is 0.657. The predicted octanol–water partition coefficient (Wildman–Crippen LogP) is 1.58. The van der Waals surface area contributed by atoms with E-state index in [9.17, 15) is 0 Å². The lowest BCUT2D eigenvalue weighted by atomic mass is 9.96. The van der Waals surface area contributed by atoms with E-state index >= 15 is 0 Å². The standard InChI is InChI=1S/C10H18N2O/c1-10(12,8-11)6-3-7-13-9-4-2-5-9/h9H,2-7,12H2,1H3. The van der Waals surface area contributed by atoms with Gasteiger partial charge in [0.05, 0.1) is 12.2 Å². The Balaban J connectivity index is 1.97. The molecule has 1 unspecified atom stereocenters. The highest BCUT2D eigenvalue weighted by molar-refractivity contribution is 5.00. The second kappa shape index (κ2) is 4.59. The number of ether oxygens (including phenoxy) is 1. The van der Waals surface area contributed by atoms with E-state index in [2.05, 4.69) is 6.07 Å². The molecule has 1 aliphatic rings. The topological polar surface area (TPSA) is 59.0 Å². The smallest absolute Gasteiger partial charge is 0.101 e. The van der Waals surface area contributed by atoms with Gasteiger partial charge in [0.1, 0.15) is 5.54 Å². The van der Waals surface area contributed by atoms with Gasteiger partial charge in [-0.15, -0.1) is 0 Å². The Labute approximate surface area is 79.9 Å². The zero-order valence-electron chi connectivity index (χ0n) is 8.25. The van der Waals surface area contributed by atoms with Crippen LogP contribution in [0.3, 0.4) is 0 Å². The maximum Gasteiger partial charge on any atom is 0.101 e. The summed E-state index contributed by atoms with van der Waals surface area (Å²) in [7, 11) is 0. The molecule has 74 valence electrons. The molecule has 0 aromatic heterocycles. The lowest BCUT2D eigenvalue weighted by Crippen LogP contribution is -2.34. The molecular weight excluding hydrogens is 164 g/mol.